The first-order valence-electron chi connectivity index (χ1n) is 8.23. The topological polar surface area (TPSA) is 69.0 Å². The highest BCUT2D eigenvalue weighted by molar-refractivity contribution is 5.94. The number of carbonyl (C=O) groups is 1. The minimum absolute atomic E-state index is 0.0891. The highest BCUT2D eigenvalue weighted by atomic mass is 16.5. The summed E-state index contributed by atoms with van der Waals surface area (Å²) in [6.07, 6.45) is 4.12. The second-order valence-electron chi connectivity index (χ2n) is 6.12. The number of para-hydroxylation sites is 1. The first kappa shape index (κ1) is 15.4. The SMILES string of the molecule is O=C(NC[C@H]1COc2ccccc2C1)c1cccc(-n2cnnc2)c1. The van der Waals surface area contributed by atoms with E-state index in [1.165, 1.54) is 5.56 Å². The molecule has 1 atom stereocenters. The summed E-state index contributed by atoms with van der Waals surface area (Å²) in [5.74, 6) is 1.14. The van der Waals surface area contributed by atoms with Gasteiger partial charge in [0.1, 0.15) is 18.4 Å². The number of amides is 1. The van der Waals surface area contributed by atoms with Crippen molar-refractivity contribution in [3.63, 3.8) is 0 Å². The highest BCUT2D eigenvalue weighted by Gasteiger charge is 2.20. The Morgan fingerprint density at radius 3 is 2.88 bits per heavy atom. The Bertz CT molecular complexity index is 877. The van der Waals surface area contributed by atoms with Gasteiger partial charge in [0.15, 0.2) is 0 Å². The number of carbonyl (C=O) groups excluding carboxylic acids is 1. The minimum atomic E-state index is -0.0891. The number of nitrogens with zero attached hydrogens (tertiary/aromatic N) is 3. The zero-order valence-corrected chi connectivity index (χ0v) is 13.6. The van der Waals surface area contributed by atoms with Crippen LogP contribution in [0, 0.1) is 5.92 Å². The first-order chi connectivity index (χ1) is 12.3. The summed E-state index contributed by atoms with van der Waals surface area (Å²) >= 11 is 0. The highest BCUT2D eigenvalue weighted by Crippen LogP contribution is 2.26. The maximum Gasteiger partial charge on any atom is 0.251 e. The molecule has 1 aliphatic heterocycles. The number of nitrogens with one attached hydrogen (secondary N) is 1. The Labute approximate surface area is 145 Å². The van der Waals surface area contributed by atoms with Gasteiger partial charge in [0, 0.05) is 23.7 Å². The number of rotatable bonds is 4. The van der Waals surface area contributed by atoms with Crippen LogP contribution in [0.3, 0.4) is 0 Å². The third-order valence-corrected chi connectivity index (χ3v) is 4.33. The van der Waals surface area contributed by atoms with E-state index in [9.17, 15) is 4.79 Å². The van der Waals surface area contributed by atoms with Crippen molar-refractivity contribution in [3.8, 4) is 11.4 Å². The Balaban J connectivity index is 1.39. The van der Waals surface area contributed by atoms with E-state index in [0.29, 0.717) is 18.7 Å². The molecular formula is C19H18N4O2. The molecule has 1 aromatic heterocycles. The van der Waals surface area contributed by atoms with Crippen LogP contribution in [0.1, 0.15) is 15.9 Å². The average molecular weight is 334 g/mol. The third kappa shape index (κ3) is 3.38. The molecule has 25 heavy (non-hydrogen) atoms. The molecule has 4 rings (SSSR count). The van der Waals surface area contributed by atoms with E-state index in [4.69, 9.17) is 4.74 Å². The number of fused-ring (bicyclic) bond motifs is 1. The summed E-state index contributed by atoms with van der Waals surface area (Å²) < 4.78 is 7.54. The van der Waals surface area contributed by atoms with Crippen molar-refractivity contribution in [3.05, 3.63) is 72.3 Å². The van der Waals surface area contributed by atoms with Gasteiger partial charge in [-0.2, -0.15) is 0 Å². The molecule has 1 amide bonds. The van der Waals surface area contributed by atoms with Crippen LogP contribution in [0.25, 0.3) is 5.69 Å². The average Bonchev–Trinajstić information content (AvgIpc) is 3.21. The Kier molecular flexibility index (Phi) is 4.16. The van der Waals surface area contributed by atoms with Crippen molar-refractivity contribution < 1.29 is 9.53 Å². The summed E-state index contributed by atoms with van der Waals surface area (Å²) in [5, 5.41) is 10.6. The van der Waals surface area contributed by atoms with E-state index in [0.717, 1.165) is 17.9 Å². The van der Waals surface area contributed by atoms with Gasteiger partial charge in [0.05, 0.1) is 6.61 Å². The molecule has 0 spiro atoms. The van der Waals surface area contributed by atoms with E-state index >= 15 is 0 Å². The molecule has 6 nitrogen and oxygen atoms in total. The molecule has 0 bridgehead atoms. The molecule has 2 heterocycles. The van der Waals surface area contributed by atoms with Crippen molar-refractivity contribution in [1.82, 2.24) is 20.1 Å². The Morgan fingerprint density at radius 1 is 1.16 bits per heavy atom. The van der Waals surface area contributed by atoms with Gasteiger partial charge in [-0.1, -0.05) is 24.3 Å². The van der Waals surface area contributed by atoms with Gasteiger partial charge in [-0.05, 0) is 36.2 Å². The number of benzene rings is 2. The van der Waals surface area contributed by atoms with Crippen LogP contribution in [-0.4, -0.2) is 33.8 Å². The predicted octanol–water partition coefficient (Wildman–Crippen LogP) is 2.25. The van der Waals surface area contributed by atoms with Crippen LogP contribution >= 0.6 is 0 Å². The van der Waals surface area contributed by atoms with Crippen molar-refractivity contribution >= 4 is 5.91 Å². The molecule has 0 radical (unpaired) electrons. The fourth-order valence-electron chi connectivity index (χ4n) is 3.00. The fourth-order valence-corrected chi connectivity index (χ4v) is 3.00. The molecular weight excluding hydrogens is 316 g/mol. The summed E-state index contributed by atoms with van der Waals surface area (Å²) in [7, 11) is 0. The molecule has 3 aromatic rings. The van der Waals surface area contributed by atoms with Crippen molar-refractivity contribution in [2.24, 2.45) is 5.92 Å². The summed E-state index contributed by atoms with van der Waals surface area (Å²) in [5.41, 5.74) is 2.67. The van der Waals surface area contributed by atoms with Crippen molar-refractivity contribution in [1.29, 1.82) is 0 Å². The van der Waals surface area contributed by atoms with Crippen LogP contribution in [0.15, 0.2) is 61.2 Å². The lowest BCUT2D eigenvalue weighted by atomic mass is 9.96. The minimum Gasteiger partial charge on any atom is -0.493 e. The molecule has 1 aliphatic rings. The number of ether oxygens (including phenoxy) is 1. The molecule has 1 N–H and O–H groups in total. The molecule has 0 unspecified atom stereocenters. The second-order valence-corrected chi connectivity index (χ2v) is 6.12. The number of aromatic nitrogens is 3. The third-order valence-electron chi connectivity index (χ3n) is 4.33. The smallest absolute Gasteiger partial charge is 0.251 e. The van der Waals surface area contributed by atoms with E-state index in [-0.39, 0.29) is 11.8 Å². The summed E-state index contributed by atoms with van der Waals surface area (Å²) in [6, 6.07) is 15.4. The zero-order valence-electron chi connectivity index (χ0n) is 13.6. The van der Waals surface area contributed by atoms with Gasteiger partial charge < -0.3 is 10.1 Å². The van der Waals surface area contributed by atoms with Crippen molar-refractivity contribution in [2.75, 3.05) is 13.2 Å². The monoisotopic (exact) mass is 334 g/mol. The maximum atomic E-state index is 12.5. The first-order valence-corrected chi connectivity index (χ1v) is 8.23. The lowest BCUT2D eigenvalue weighted by Gasteiger charge is -2.25. The Morgan fingerprint density at radius 2 is 2.00 bits per heavy atom. The van der Waals surface area contributed by atoms with E-state index in [1.54, 1.807) is 23.3 Å². The lowest BCUT2D eigenvalue weighted by Crippen LogP contribution is -2.34. The lowest BCUT2D eigenvalue weighted by molar-refractivity contribution is 0.0939. The zero-order chi connectivity index (χ0) is 17.1. The van der Waals surface area contributed by atoms with Gasteiger partial charge in [0.2, 0.25) is 0 Å². The van der Waals surface area contributed by atoms with Crippen LogP contribution in [0.4, 0.5) is 0 Å². The van der Waals surface area contributed by atoms with Crippen LogP contribution in [0.2, 0.25) is 0 Å². The molecule has 0 aliphatic carbocycles. The van der Waals surface area contributed by atoms with E-state index in [1.807, 2.05) is 36.4 Å². The van der Waals surface area contributed by atoms with Crippen molar-refractivity contribution in [2.45, 2.75) is 6.42 Å². The van der Waals surface area contributed by atoms with E-state index < -0.39 is 0 Å². The number of hydrogen-bond donors (Lipinski definition) is 1. The molecule has 2 aromatic carbocycles. The summed E-state index contributed by atoms with van der Waals surface area (Å²) in [6.45, 7) is 1.21. The Hall–Kier alpha value is -3.15. The maximum absolute atomic E-state index is 12.5. The van der Waals surface area contributed by atoms with Gasteiger partial charge in [-0.3, -0.25) is 9.36 Å². The number of hydrogen-bond acceptors (Lipinski definition) is 4. The largest absolute Gasteiger partial charge is 0.493 e. The normalized spacial score (nSPS) is 15.9. The van der Waals surface area contributed by atoms with E-state index in [2.05, 4.69) is 21.6 Å². The van der Waals surface area contributed by atoms with Gasteiger partial charge in [0.25, 0.3) is 5.91 Å². The standard InChI is InChI=1S/C19H18N4O2/c24-19(16-5-3-6-17(9-16)23-12-21-22-13-23)20-10-14-8-15-4-1-2-7-18(15)25-11-14/h1-7,9,12-14H,8,10-11H2,(H,20,24)/t14-/m0/s1. The van der Waals surface area contributed by atoms with Crippen LogP contribution in [0.5, 0.6) is 5.75 Å². The molecule has 0 fully saturated rings. The summed E-state index contributed by atoms with van der Waals surface area (Å²) in [4.78, 5) is 12.5. The second kappa shape index (κ2) is 6.76. The fraction of sp³-hybridized carbons (Fsp3) is 0.211. The molecule has 126 valence electrons. The van der Waals surface area contributed by atoms with Crippen LogP contribution < -0.4 is 10.1 Å². The molecule has 0 saturated heterocycles. The molecule has 6 heteroatoms. The molecule has 0 saturated carbocycles. The van der Waals surface area contributed by atoms with Crippen LogP contribution in [-0.2, 0) is 6.42 Å². The van der Waals surface area contributed by atoms with Gasteiger partial charge in [-0.15, -0.1) is 10.2 Å². The van der Waals surface area contributed by atoms with Gasteiger partial charge in [-0.25, -0.2) is 0 Å². The predicted molar refractivity (Wildman–Crippen MR) is 92.8 cm³/mol. The van der Waals surface area contributed by atoms with Gasteiger partial charge >= 0.3 is 0 Å². The quantitative estimate of drug-likeness (QED) is 0.794.